The zero-order chi connectivity index (χ0) is 51.9. The summed E-state index contributed by atoms with van der Waals surface area (Å²) >= 11 is 12.2. The van der Waals surface area contributed by atoms with E-state index in [1.54, 1.807) is 56.0 Å². The van der Waals surface area contributed by atoms with E-state index in [1.165, 1.54) is 21.1 Å². The lowest BCUT2D eigenvalue weighted by molar-refractivity contribution is -0.120. The van der Waals surface area contributed by atoms with E-state index in [-0.39, 0.29) is 61.6 Å². The highest BCUT2D eigenvalue weighted by Gasteiger charge is 2.68. The second kappa shape index (κ2) is 18.8. The first-order valence-corrected chi connectivity index (χ1v) is 28.9. The quantitative estimate of drug-likeness (QED) is 0.147. The van der Waals surface area contributed by atoms with Gasteiger partial charge in [0.25, 0.3) is 11.8 Å². The van der Waals surface area contributed by atoms with Crippen molar-refractivity contribution in [1.29, 1.82) is 0 Å². The number of rotatable bonds is 8. The summed E-state index contributed by atoms with van der Waals surface area (Å²) < 4.78 is 50.1. The van der Waals surface area contributed by atoms with Gasteiger partial charge in [0.05, 0.1) is 34.7 Å². The lowest BCUT2D eigenvalue weighted by Gasteiger charge is -2.33. The number of fused-ring (bicyclic) bond motifs is 4. The largest absolute Gasteiger partial charge is 0.336 e. The molecule has 2 saturated heterocycles. The van der Waals surface area contributed by atoms with Gasteiger partial charge >= 0.3 is 0 Å². The molecule has 74 heavy (non-hydrogen) atoms. The smallest absolute Gasteiger partial charge is 0.254 e. The van der Waals surface area contributed by atoms with Crippen LogP contribution in [0.5, 0.6) is 0 Å². The van der Waals surface area contributed by atoms with Gasteiger partial charge in [0.1, 0.15) is 0 Å². The number of benzene rings is 6. The topological polar surface area (TPSA) is 156 Å². The van der Waals surface area contributed by atoms with Gasteiger partial charge in [-0.15, -0.1) is 0 Å². The first-order valence-electron chi connectivity index (χ1n) is 24.5. The van der Waals surface area contributed by atoms with Crippen LogP contribution in [0.25, 0.3) is 0 Å². The Hall–Kier alpha value is -6.40. The summed E-state index contributed by atoms with van der Waals surface area (Å²) in [6.07, 6.45) is 3.82. The third kappa shape index (κ3) is 8.68. The van der Waals surface area contributed by atoms with Crippen molar-refractivity contribution in [3.8, 4) is 0 Å². The maximum atomic E-state index is 14.1. The van der Waals surface area contributed by atoms with Crippen molar-refractivity contribution in [1.82, 2.24) is 18.4 Å². The molecule has 380 valence electrons. The SMILES string of the molecule is CS(=O)(=O)N1CCN(C(=O)c2cccc(N3C(=O)[C@@]4(C[C@@H]4c4ccc(Cl)cc4)c4ccccc43)c2)CC1.CS(=O)(=O)N1CCN(C(=O)c2cccc(N3C(=O)[C@]4(C[C@H]4c4ccc(Cl)cc4)c4ccccc43)c2)CC1. The number of piperazine rings is 2. The molecule has 2 aliphatic carbocycles. The number of amides is 4. The van der Waals surface area contributed by atoms with Crippen molar-refractivity contribution in [2.45, 2.75) is 35.5 Å². The highest BCUT2D eigenvalue weighted by atomic mass is 35.5. The second-order valence-electron chi connectivity index (χ2n) is 19.9. The van der Waals surface area contributed by atoms with Crippen LogP contribution in [0.4, 0.5) is 22.7 Å². The third-order valence-corrected chi connectivity index (χ3v) is 18.7. The normalized spacial score (nSPS) is 23.4. The summed E-state index contributed by atoms with van der Waals surface area (Å²) in [6.45, 7) is 2.41. The number of anilines is 4. The zero-order valence-corrected chi connectivity index (χ0v) is 43.7. The fraction of sp³-hybridized carbons (Fsp3) is 0.286. The van der Waals surface area contributed by atoms with Gasteiger partial charge in [-0.1, -0.05) is 96.0 Å². The number of carbonyl (C=O) groups is 4. The predicted octanol–water partition coefficient (Wildman–Crippen LogP) is 8.32. The van der Waals surface area contributed by atoms with Crippen LogP contribution < -0.4 is 9.80 Å². The fourth-order valence-corrected chi connectivity index (χ4v) is 13.5. The van der Waals surface area contributed by atoms with Crippen LogP contribution in [0.3, 0.4) is 0 Å². The number of carbonyl (C=O) groups excluding carboxylic acids is 4. The van der Waals surface area contributed by atoms with Crippen molar-refractivity contribution >= 4 is 89.6 Å². The number of hydrogen-bond acceptors (Lipinski definition) is 8. The molecule has 6 aromatic carbocycles. The van der Waals surface area contributed by atoms with Gasteiger partial charge in [-0.2, -0.15) is 8.61 Å². The first-order chi connectivity index (χ1) is 35.4. The van der Waals surface area contributed by atoms with E-state index in [1.807, 2.05) is 109 Å². The summed E-state index contributed by atoms with van der Waals surface area (Å²) in [5.41, 5.74) is 6.89. The van der Waals surface area contributed by atoms with Crippen LogP contribution in [0.15, 0.2) is 146 Å². The molecule has 4 aliphatic heterocycles. The van der Waals surface area contributed by atoms with Gasteiger partial charge in [-0.25, -0.2) is 16.8 Å². The lowest BCUT2D eigenvalue weighted by atomic mass is 9.92. The number of hydrogen-bond donors (Lipinski definition) is 0. The summed E-state index contributed by atoms with van der Waals surface area (Å²) in [5, 5.41) is 1.33. The van der Waals surface area contributed by atoms with E-state index < -0.39 is 30.9 Å². The van der Waals surface area contributed by atoms with E-state index in [0.717, 1.165) is 46.5 Å². The highest BCUT2D eigenvalue weighted by molar-refractivity contribution is 7.88. The Labute approximate surface area is 440 Å². The Morgan fingerprint density at radius 1 is 0.473 bits per heavy atom. The molecule has 2 spiro atoms. The van der Waals surface area contributed by atoms with Crippen molar-refractivity contribution < 1.29 is 36.0 Å². The molecule has 4 heterocycles. The maximum absolute atomic E-state index is 14.1. The van der Waals surface area contributed by atoms with E-state index in [0.29, 0.717) is 58.7 Å². The van der Waals surface area contributed by atoms with Crippen LogP contribution in [0.1, 0.15) is 67.6 Å². The minimum absolute atomic E-state index is 0.0139. The molecular weight excluding hydrogens is 1020 g/mol. The molecule has 4 fully saturated rings. The molecule has 2 saturated carbocycles. The van der Waals surface area contributed by atoms with Crippen molar-refractivity contribution in [3.63, 3.8) is 0 Å². The molecule has 0 bridgehead atoms. The minimum atomic E-state index is -3.28. The molecular formula is C56H52Cl2N6O8S2. The van der Waals surface area contributed by atoms with Crippen molar-refractivity contribution in [2.24, 2.45) is 0 Å². The zero-order valence-electron chi connectivity index (χ0n) is 40.6. The molecule has 0 radical (unpaired) electrons. The average Bonchev–Trinajstić information content (AvgIpc) is 4.32. The first kappa shape index (κ1) is 49.8. The molecule has 14 nitrogen and oxygen atoms in total. The Bertz CT molecular complexity index is 3260. The van der Waals surface area contributed by atoms with Gasteiger partial charge < -0.3 is 9.80 Å². The number of halogens is 2. The molecule has 6 aromatic rings. The summed E-state index contributed by atoms with van der Waals surface area (Å²) in [4.78, 5) is 61.5. The molecule has 12 rings (SSSR count). The molecule has 18 heteroatoms. The summed E-state index contributed by atoms with van der Waals surface area (Å²) in [7, 11) is -6.56. The Balaban J connectivity index is 0.000000159. The monoisotopic (exact) mass is 1070 g/mol. The third-order valence-electron chi connectivity index (χ3n) is 15.6. The van der Waals surface area contributed by atoms with Crippen molar-refractivity contribution in [2.75, 3.05) is 74.7 Å². The number of sulfonamides is 2. The van der Waals surface area contributed by atoms with Crippen LogP contribution >= 0.6 is 23.2 Å². The Morgan fingerprint density at radius 2 is 0.824 bits per heavy atom. The van der Waals surface area contributed by atoms with Gasteiger partial charge in [-0.05, 0) is 108 Å². The van der Waals surface area contributed by atoms with Crippen LogP contribution in [0, 0.1) is 0 Å². The molecule has 0 aromatic heterocycles. The molecule has 4 amide bonds. The second-order valence-corrected chi connectivity index (χ2v) is 24.7. The van der Waals surface area contributed by atoms with E-state index in [9.17, 15) is 36.0 Å². The molecule has 0 unspecified atom stereocenters. The highest BCUT2D eigenvalue weighted by Crippen LogP contribution is 2.68. The Kier molecular flexibility index (Phi) is 12.6. The van der Waals surface area contributed by atoms with Gasteiger partial charge in [0.2, 0.25) is 31.9 Å². The van der Waals surface area contributed by atoms with E-state index in [2.05, 4.69) is 0 Å². The standard InChI is InChI=1S/2C28H26ClN3O4S/c2*1-37(35,36)31-15-13-30(14-16-31)26(33)20-5-4-6-22(17-20)32-25-8-3-2-7-23(25)28(27(32)34)18-24(28)19-9-11-21(29)12-10-19/h2*2-12,17,24H,13-16,18H2,1H3/t2*24-,28+/m10/s1. The molecule has 4 atom stereocenters. The van der Waals surface area contributed by atoms with Crippen LogP contribution in [-0.4, -0.2) is 124 Å². The van der Waals surface area contributed by atoms with Crippen LogP contribution in [0.2, 0.25) is 10.0 Å². The Morgan fingerprint density at radius 3 is 1.18 bits per heavy atom. The number of nitrogens with zero attached hydrogens (tertiary/aromatic N) is 6. The summed E-state index contributed by atoms with van der Waals surface area (Å²) in [6, 6.07) is 45.4. The minimum Gasteiger partial charge on any atom is -0.336 e. The van der Waals surface area contributed by atoms with Crippen molar-refractivity contribution in [3.05, 3.63) is 189 Å². The van der Waals surface area contributed by atoms with Gasteiger partial charge in [-0.3, -0.25) is 29.0 Å². The maximum Gasteiger partial charge on any atom is 0.254 e. The molecule has 6 aliphatic rings. The average molecular weight is 1070 g/mol. The van der Waals surface area contributed by atoms with E-state index >= 15 is 0 Å². The summed E-state index contributed by atoms with van der Waals surface area (Å²) in [5.74, 6) is -0.177. The lowest BCUT2D eigenvalue weighted by Crippen LogP contribution is -2.50. The van der Waals surface area contributed by atoms with Gasteiger partial charge in [0.15, 0.2) is 0 Å². The fourth-order valence-electron chi connectivity index (χ4n) is 11.6. The van der Waals surface area contributed by atoms with E-state index in [4.69, 9.17) is 23.2 Å². The predicted molar refractivity (Wildman–Crippen MR) is 286 cm³/mol. The van der Waals surface area contributed by atoms with Crippen LogP contribution in [-0.2, 0) is 40.5 Å². The number of para-hydroxylation sites is 2. The van der Waals surface area contributed by atoms with Gasteiger partial charge in [0, 0.05) is 96.7 Å². The molecule has 0 N–H and O–H groups in total.